The van der Waals surface area contributed by atoms with E-state index >= 15 is 0 Å². The van der Waals surface area contributed by atoms with E-state index < -0.39 is 44.8 Å². The van der Waals surface area contributed by atoms with Gasteiger partial charge >= 0.3 is 12.4 Å². The van der Waals surface area contributed by atoms with Crippen molar-refractivity contribution in [3.05, 3.63) is 70.8 Å². The number of alkyl halides is 6. The van der Waals surface area contributed by atoms with Gasteiger partial charge in [0.05, 0.1) is 22.6 Å². The van der Waals surface area contributed by atoms with Crippen LogP contribution in [0.1, 0.15) is 22.3 Å². The first-order chi connectivity index (χ1) is 11.4. The predicted octanol–water partition coefficient (Wildman–Crippen LogP) is 4.84. The first kappa shape index (κ1) is 19.3. The molecule has 0 amide bonds. The Balaban J connectivity index is 2.09. The SMILES string of the molecule is O=S(=O)(Cc1ccc(C(F)(F)F)cc1)Cc1ccc(C(F)(F)F)cc1. The van der Waals surface area contributed by atoms with E-state index in [2.05, 4.69) is 0 Å². The average Bonchev–Trinajstić information content (AvgIpc) is 2.45. The molecule has 0 aliphatic heterocycles. The molecule has 0 radical (unpaired) electrons. The maximum absolute atomic E-state index is 12.5. The molecule has 25 heavy (non-hydrogen) atoms. The number of benzene rings is 2. The number of hydrogen-bond acceptors (Lipinski definition) is 2. The fourth-order valence-corrected chi connectivity index (χ4v) is 3.64. The Morgan fingerprint density at radius 1 is 0.600 bits per heavy atom. The molecule has 9 heteroatoms. The molecule has 0 aliphatic carbocycles. The summed E-state index contributed by atoms with van der Waals surface area (Å²) in [6.45, 7) is 0. The van der Waals surface area contributed by atoms with Crippen molar-refractivity contribution in [2.45, 2.75) is 23.9 Å². The molecule has 0 N–H and O–H groups in total. The maximum Gasteiger partial charge on any atom is 0.416 e. The third-order valence-corrected chi connectivity index (χ3v) is 4.88. The van der Waals surface area contributed by atoms with Gasteiger partial charge in [-0.15, -0.1) is 0 Å². The standard InChI is InChI=1S/C16H12F6O2S/c17-15(18,19)13-5-1-11(2-6-13)9-25(23,24)10-12-3-7-14(8-4-12)16(20,21)22/h1-8H,9-10H2. The summed E-state index contributed by atoms with van der Waals surface area (Å²) in [4.78, 5) is 0. The second kappa shape index (κ2) is 6.70. The zero-order valence-electron chi connectivity index (χ0n) is 12.5. The molecule has 0 atom stereocenters. The summed E-state index contributed by atoms with van der Waals surface area (Å²) in [5.41, 5.74) is -1.45. The molecule has 2 rings (SSSR count). The fraction of sp³-hybridized carbons (Fsp3) is 0.250. The molecule has 0 unspecified atom stereocenters. The number of hydrogen-bond donors (Lipinski definition) is 0. The van der Waals surface area contributed by atoms with Crippen LogP contribution in [0.25, 0.3) is 0 Å². The van der Waals surface area contributed by atoms with Crippen LogP contribution in [-0.2, 0) is 33.7 Å². The van der Waals surface area contributed by atoms with Gasteiger partial charge < -0.3 is 0 Å². The Kier molecular flexibility index (Phi) is 5.17. The zero-order valence-corrected chi connectivity index (χ0v) is 13.3. The second-order valence-electron chi connectivity index (χ2n) is 5.42. The molecule has 0 bridgehead atoms. The minimum atomic E-state index is -4.52. The van der Waals surface area contributed by atoms with Gasteiger partial charge in [-0.25, -0.2) is 8.42 Å². The molecule has 0 saturated carbocycles. The van der Waals surface area contributed by atoms with Crippen LogP contribution in [0.4, 0.5) is 26.3 Å². The first-order valence-corrected chi connectivity index (χ1v) is 8.72. The van der Waals surface area contributed by atoms with Gasteiger partial charge in [-0.05, 0) is 35.4 Å². The number of sulfone groups is 1. The molecule has 2 aromatic rings. The zero-order chi connectivity index (χ0) is 18.9. The summed E-state index contributed by atoms with van der Waals surface area (Å²) in [5, 5.41) is 0. The van der Waals surface area contributed by atoms with Gasteiger partial charge in [-0.1, -0.05) is 24.3 Å². The van der Waals surface area contributed by atoms with E-state index in [1.54, 1.807) is 0 Å². The molecular weight excluding hydrogens is 370 g/mol. The predicted molar refractivity (Wildman–Crippen MR) is 79.2 cm³/mol. The van der Waals surface area contributed by atoms with Crippen LogP contribution in [0.2, 0.25) is 0 Å². The number of rotatable bonds is 4. The van der Waals surface area contributed by atoms with E-state index in [4.69, 9.17) is 0 Å². The van der Waals surface area contributed by atoms with Crippen LogP contribution in [0, 0.1) is 0 Å². The van der Waals surface area contributed by atoms with Crippen molar-refractivity contribution in [2.24, 2.45) is 0 Å². The van der Waals surface area contributed by atoms with E-state index in [0.29, 0.717) is 0 Å². The van der Waals surface area contributed by atoms with Crippen molar-refractivity contribution < 1.29 is 34.8 Å². The minimum Gasteiger partial charge on any atom is -0.228 e. The van der Waals surface area contributed by atoms with Crippen LogP contribution in [-0.4, -0.2) is 8.42 Å². The first-order valence-electron chi connectivity index (χ1n) is 6.89. The second-order valence-corrected chi connectivity index (χ2v) is 7.49. The molecule has 0 spiro atoms. The molecule has 0 heterocycles. The highest BCUT2D eigenvalue weighted by Crippen LogP contribution is 2.30. The van der Waals surface area contributed by atoms with E-state index in [-0.39, 0.29) is 11.1 Å². The molecule has 2 aromatic carbocycles. The number of halogens is 6. The summed E-state index contributed by atoms with van der Waals surface area (Å²) in [5.74, 6) is -1.02. The molecule has 0 saturated heterocycles. The van der Waals surface area contributed by atoms with Crippen molar-refractivity contribution in [1.82, 2.24) is 0 Å². The van der Waals surface area contributed by atoms with E-state index in [0.717, 1.165) is 48.5 Å². The lowest BCUT2D eigenvalue weighted by molar-refractivity contribution is -0.138. The van der Waals surface area contributed by atoms with Crippen LogP contribution >= 0.6 is 0 Å². The Bertz CT molecular complexity index is 753. The smallest absolute Gasteiger partial charge is 0.228 e. The summed E-state index contributed by atoms with van der Waals surface area (Å²) < 4.78 is 99.0. The van der Waals surface area contributed by atoms with Crippen molar-refractivity contribution in [2.75, 3.05) is 0 Å². The van der Waals surface area contributed by atoms with Gasteiger partial charge in [0, 0.05) is 0 Å². The van der Waals surface area contributed by atoms with Crippen LogP contribution in [0.15, 0.2) is 48.5 Å². The Labute approximate surface area is 140 Å². The normalized spacial score (nSPS) is 13.0. The summed E-state index contributed by atoms with van der Waals surface area (Å²) in [6.07, 6.45) is -9.03. The molecular formula is C16H12F6O2S. The van der Waals surface area contributed by atoms with Gasteiger partial charge in [-0.3, -0.25) is 0 Å². The Morgan fingerprint density at radius 3 is 1.12 bits per heavy atom. The van der Waals surface area contributed by atoms with Crippen LogP contribution in [0.5, 0.6) is 0 Å². The highest BCUT2D eigenvalue weighted by molar-refractivity contribution is 7.89. The summed E-state index contributed by atoms with van der Waals surface area (Å²) >= 11 is 0. The van der Waals surface area contributed by atoms with Crippen molar-refractivity contribution in [3.8, 4) is 0 Å². The van der Waals surface area contributed by atoms with Crippen molar-refractivity contribution in [1.29, 1.82) is 0 Å². The Hall–Kier alpha value is -2.03. The largest absolute Gasteiger partial charge is 0.416 e. The van der Waals surface area contributed by atoms with Gasteiger partial charge in [0.2, 0.25) is 0 Å². The van der Waals surface area contributed by atoms with Crippen LogP contribution < -0.4 is 0 Å². The Morgan fingerprint density at radius 2 is 0.880 bits per heavy atom. The van der Waals surface area contributed by atoms with E-state index in [9.17, 15) is 34.8 Å². The summed E-state index contributed by atoms with van der Waals surface area (Å²) in [6, 6.07) is 7.37. The quantitative estimate of drug-likeness (QED) is 0.710. The fourth-order valence-electron chi connectivity index (χ4n) is 2.14. The van der Waals surface area contributed by atoms with Crippen molar-refractivity contribution in [3.63, 3.8) is 0 Å². The highest BCUT2D eigenvalue weighted by Gasteiger charge is 2.31. The maximum atomic E-state index is 12.5. The minimum absolute atomic E-state index is 0.167. The van der Waals surface area contributed by atoms with Gasteiger partial charge in [0.25, 0.3) is 0 Å². The topological polar surface area (TPSA) is 34.1 Å². The van der Waals surface area contributed by atoms with E-state index in [1.165, 1.54) is 0 Å². The average molecular weight is 382 g/mol. The lowest BCUT2D eigenvalue weighted by Crippen LogP contribution is -2.10. The lowest BCUT2D eigenvalue weighted by Gasteiger charge is -2.09. The lowest BCUT2D eigenvalue weighted by atomic mass is 10.1. The van der Waals surface area contributed by atoms with Gasteiger partial charge in [0.15, 0.2) is 9.84 Å². The van der Waals surface area contributed by atoms with Gasteiger partial charge in [-0.2, -0.15) is 26.3 Å². The molecule has 2 nitrogen and oxygen atoms in total. The monoisotopic (exact) mass is 382 g/mol. The molecule has 0 aliphatic rings. The molecule has 0 aromatic heterocycles. The third kappa shape index (κ3) is 5.48. The third-order valence-electron chi connectivity index (χ3n) is 3.34. The van der Waals surface area contributed by atoms with Crippen LogP contribution in [0.3, 0.4) is 0 Å². The molecule has 0 fully saturated rings. The summed E-state index contributed by atoms with van der Waals surface area (Å²) in [7, 11) is -3.75. The van der Waals surface area contributed by atoms with Gasteiger partial charge in [0.1, 0.15) is 0 Å². The highest BCUT2D eigenvalue weighted by atomic mass is 32.2. The van der Waals surface area contributed by atoms with Crippen molar-refractivity contribution >= 4 is 9.84 Å². The van der Waals surface area contributed by atoms with E-state index in [1.807, 2.05) is 0 Å². The molecule has 136 valence electrons.